The van der Waals surface area contributed by atoms with Crippen LogP contribution < -0.4 is 0 Å². The lowest BCUT2D eigenvalue weighted by Gasteiger charge is -2.32. The molecule has 0 radical (unpaired) electrons. The van der Waals surface area contributed by atoms with E-state index in [4.69, 9.17) is 4.74 Å². The van der Waals surface area contributed by atoms with E-state index < -0.39 is 0 Å². The van der Waals surface area contributed by atoms with Gasteiger partial charge in [0, 0.05) is 13.2 Å². The van der Waals surface area contributed by atoms with Crippen molar-refractivity contribution < 1.29 is 9.84 Å². The van der Waals surface area contributed by atoms with Crippen LogP contribution in [0, 0.1) is 0 Å². The van der Waals surface area contributed by atoms with Gasteiger partial charge in [0.15, 0.2) is 0 Å². The van der Waals surface area contributed by atoms with E-state index in [1.807, 2.05) is 6.92 Å². The van der Waals surface area contributed by atoms with E-state index in [2.05, 4.69) is 4.90 Å². The summed E-state index contributed by atoms with van der Waals surface area (Å²) in [5.41, 5.74) is 0. The average Bonchev–Trinajstić information content (AvgIpc) is 1.93. The highest BCUT2D eigenvalue weighted by Gasteiger charge is 2.16. The molecule has 1 heterocycles. The number of β-amino-alcohol motifs (C(OH)–C–C–N with tert-alkyl or cyclic N) is 1. The summed E-state index contributed by atoms with van der Waals surface area (Å²) in [5.74, 6) is 0. The molecule has 0 amide bonds. The van der Waals surface area contributed by atoms with Gasteiger partial charge in [-0.1, -0.05) is 0 Å². The number of ether oxygens (including phenoxy) is 1. The summed E-state index contributed by atoms with van der Waals surface area (Å²) >= 11 is 0. The zero-order valence-corrected chi connectivity index (χ0v) is 7.12. The van der Waals surface area contributed by atoms with Crippen LogP contribution in [0.1, 0.15) is 13.3 Å². The molecular weight excluding hydrogens is 142 g/mol. The van der Waals surface area contributed by atoms with Crippen LogP contribution in [0.2, 0.25) is 0 Å². The SMILES string of the molecule is CCOCC(O)CN1CCC1. The Morgan fingerprint density at radius 1 is 1.55 bits per heavy atom. The molecule has 3 nitrogen and oxygen atoms in total. The van der Waals surface area contributed by atoms with E-state index in [0.29, 0.717) is 13.2 Å². The maximum atomic E-state index is 9.35. The maximum Gasteiger partial charge on any atom is 0.0900 e. The Morgan fingerprint density at radius 3 is 2.73 bits per heavy atom. The first-order valence-corrected chi connectivity index (χ1v) is 4.31. The number of rotatable bonds is 5. The topological polar surface area (TPSA) is 32.7 Å². The van der Waals surface area contributed by atoms with Crippen LogP contribution in [0.5, 0.6) is 0 Å². The fraction of sp³-hybridized carbons (Fsp3) is 1.00. The smallest absolute Gasteiger partial charge is 0.0900 e. The first-order valence-electron chi connectivity index (χ1n) is 4.31. The van der Waals surface area contributed by atoms with E-state index in [1.165, 1.54) is 6.42 Å². The van der Waals surface area contributed by atoms with Crippen molar-refractivity contribution >= 4 is 0 Å². The molecule has 0 spiro atoms. The molecule has 0 bridgehead atoms. The summed E-state index contributed by atoms with van der Waals surface area (Å²) in [5, 5.41) is 9.35. The van der Waals surface area contributed by atoms with Gasteiger partial charge in [-0.25, -0.2) is 0 Å². The van der Waals surface area contributed by atoms with Crippen LogP contribution in [0.4, 0.5) is 0 Å². The van der Waals surface area contributed by atoms with Gasteiger partial charge in [0.2, 0.25) is 0 Å². The standard InChI is InChI=1S/C8H17NO2/c1-2-11-7-8(10)6-9-4-3-5-9/h8,10H,2-7H2,1H3. The van der Waals surface area contributed by atoms with Crippen molar-refractivity contribution in [1.29, 1.82) is 0 Å². The van der Waals surface area contributed by atoms with Crippen LogP contribution in [0.25, 0.3) is 0 Å². The minimum atomic E-state index is -0.296. The summed E-state index contributed by atoms with van der Waals surface area (Å²) < 4.78 is 5.09. The van der Waals surface area contributed by atoms with Gasteiger partial charge in [0.1, 0.15) is 0 Å². The minimum Gasteiger partial charge on any atom is -0.389 e. The first-order chi connectivity index (χ1) is 5.33. The third-order valence-electron chi connectivity index (χ3n) is 1.93. The lowest BCUT2D eigenvalue weighted by atomic mass is 10.2. The van der Waals surface area contributed by atoms with E-state index >= 15 is 0 Å². The van der Waals surface area contributed by atoms with Crippen LogP contribution in [0.3, 0.4) is 0 Å². The lowest BCUT2D eigenvalue weighted by molar-refractivity contribution is 0.00906. The van der Waals surface area contributed by atoms with Gasteiger partial charge < -0.3 is 14.7 Å². The number of nitrogens with zero attached hydrogens (tertiary/aromatic N) is 1. The molecule has 1 saturated heterocycles. The van der Waals surface area contributed by atoms with E-state index in [-0.39, 0.29) is 6.10 Å². The molecule has 1 N–H and O–H groups in total. The molecule has 66 valence electrons. The zero-order valence-electron chi connectivity index (χ0n) is 7.12. The van der Waals surface area contributed by atoms with Crippen molar-refractivity contribution in [2.24, 2.45) is 0 Å². The Hall–Kier alpha value is -0.120. The average molecular weight is 159 g/mol. The fourth-order valence-corrected chi connectivity index (χ4v) is 1.17. The second-order valence-electron chi connectivity index (χ2n) is 2.97. The lowest BCUT2D eigenvalue weighted by Crippen LogP contribution is -2.43. The molecule has 11 heavy (non-hydrogen) atoms. The molecule has 1 unspecified atom stereocenters. The molecule has 3 heteroatoms. The number of hydrogen-bond donors (Lipinski definition) is 1. The second kappa shape index (κ2) is 4.70. The predicted octanol–water partition coefficient (Wildman–Crippen LogP) is 0.0895. The quantitative estimate of drug-likeness (QED) is 0.617. The molecule has 1 fully saturated rings. The summed E-state index contributed by atoms with van der Waals surface area (Å²) in [4.78, 5) is 2.24. The molecule has 0 aromatic carbocycles. The first kappa shape index (κ1) is 8.97. The highest BCUT2D eigenvalue weighted by atomic mass is 16.5. The van der Waals surface area contributed by atoms with Gasteiger partial charge in [-0.2, -0.15) is 0 Å². The highest BCUT2D eigenvalue weighted by molar-refractivity contribution is 4.71. The van der Waals surface area contributed by atoms with E-state index in [1.54, 1.807) is 0 Å². The van der Waals surface area contributed by atoms with Crippen LogP contribution in [-0.2, 0) is 4.74 Å². The highest BCUT2D eigenvalue weighted by Crippen LogP contribution is 2.05. The van der Waals surface area contributed by atoms with Gasteiger partial charge in [-0.15, -0.1) is 0 Å². The molecule has 0 aliphatic carbocycles. The Labute approximate surface area is 68.0 Å². The fourth-order valence-electron chi connectivity index (χ4n) is 1.17. The van der Waals surface area contributed by atoms with Gasteiger partial charge in [0.25, 0.3) is 0 Å². The van der Waals surface area contributed by atoms with Crippen molar-refractivity contribution in [3.05, 3.63) is 0 Å². The van der Waals surface area contributed by atoms with E-state index in [9.17, 15) is 5.11 Å². The summed E-state index contributed by atoms with van der Waals surface area (Å²) in [7, 11) is 0. The van der Waals surface area contributed by atoms with Crippen molar-refractivity contribution in [2.45, 2.75) is 19.4 Å². The summed E-state index contributed by atoms with van der Waals surface area (Å²) in [6.45, 7) is 6.17. The largest absolute Gasteiger partial charge is 0.389 e. The van der Waals surface area contributed by atoms with Crippen molar-refractivity contribution in [3.63, 3.8) is 0 Å². The molecule has 0 aromatic rings. The Kier molecular flexibility index (Phi) is 3.83. The van der Waals surface area contributed by atoms with Crippen molar-refractivity contribution in [2.75, 3.05) is 32.8 Å². The van der Waals surface area contributed by atoms with Gasteiger partial charge in [-0.3, -0.25) is 0 Å². The monoisotopic (exact) mass is 159 g/mol. The van der Waals surface area contributed by atoms with Gasteiger partial charge >= 0.3 is 0 Å². The third kappa shape index (κ3) is 3.18. The number of hydrogen-bond acceptors (Lipinski definition) is 3. The molecule has 1 rings (SSSR count). The number of aliphatic hydroxyl groups is 1. The Morgan fingerprint density at radius 2 is 2.27 bits per heavy atom. The Bertz CT molecular complexity index is 104. The minimum absolute atomic E-state index is 0.296. The molecule has 1 aliphatic heterocycles. The van der Waals surface area contributed by atoms with Gasteiger partial charge in [0.05, 0.1) is 12.7 Å². The van der Waals surface area contributed by atoms with Crippen LogP contribution in [0.15, 0.2) is 0 Å². The molecule has 1 atom stereocenters. The van der Waals surface area contributed by atoms with Crippen molar-refractivity contribution in [1.82, 2.24) is 4.90 Å². The van der Waals surface area contributed by atoms with Gasteiger partial charge in [-0.05, 0) is 26.4 Å². The van der Waals surface area contributed by atoms with Crippen molar-refractivity contribution in [3.8, 4) is 0 Å². The summed E-state index contributed by atoms with van der Waals surface area (Å²) in [6, 6.07) is 0. The van der Waals surface area contributed by atoms with Crippen LogP contribution in [-0.4, -0.2) is 49.0 Å². The zero-order chi connectivity index (χ0) is 8.10. The predicted molar refractivity (Wildman–Crippen MR) is 43.6 cm³/mol. The van der Waals surface area contributed by atoms with E-state index in [0.717, 1.165) is 19.6 Å². The molecular formula is C8H17NO2. The normalized spacial score (nSPS) is 21.3. The second-order valence-corrected chi connectivity index (χ2v) is 2.97. The third-order valence-corrected chi connectivity index (χ3v) is 1.93. The molecule has 1 aliphatic rings. The number of aliphatic hydroxyl groups excluding tert-OH is 1. The Balaban J connectivity index is 1.95. The molecule has 0 saturated carbocycles. The number of likely N-dealkylation sites (tertiary alicyclic amines) is 1. The summed E-state index contributed by atoms with van der Waals surface area (Å²) in [6.07, 6.45) is 0.983. The molecule has 0 aromatic heterocycles. The van der Waals surface area contributed by atoms with Crippen LogP contribution >= 0.6 is 0 Å². The maximum absolute atomic E-state index is 9.35.